The lowest BCUT2D eigenvalue weighted by atomic mass is 9.92. The third-order valence-electron chi connectivity index (χ3n) is 3.99. The number of methoxy groups -OCH3 is 3. The monoisotopic (exact) mass is 394 g/mol. The van der Waals surface area contributed by atoms with Crippen molar-refractivity contribution in [1.82, 2.24) is 0 Å². The number of esters is 3. The molecule has 1 spiro atoms. The van der Waals surface area contributed by atoms with Gasteiger partial charge in [-0.2, -0.15) is 0 Å². The zero-order valence-electron chi connectivity index (χ0n) is 16.1. The zero-order valence-corrected chi connectivity index (χ0v) is 16.1. The fourth-order valence-electron chi connectivity index (χ4n) is 2.88. The van der Waals surface area contributed by atoms with Crippen molar-refractivity contribution in [1.29, 1.82) is 0 Å². The Morgan fingerprint density at radius 2 is 1.14 bits per heavy atom. The lowest BCUT2D eigenvalue weighted by Crippen LogP contribution is -2.41. The molecule has 0 saturated carbocycles. The van der Waals surface area contributed by atoms with Crippen LogP contribution in [0.15, 0.2) is 32.3 Å². The van der Waals surface area contributed by atoms with Gasteiger partial charge in [0.2, 0.25) is 11.8 Å². The first-order valence-corrected chi connectivity index (χ1v) is 7.81. The summed E-state index contributed by atoms with van der Waals surface area (Å²) in [5.41, 5.74) is -1.68. The van der Waals surface area contributed by atoms with Crippen molar-refractivity contribution >= 4 is 35.5 Å². The highest BCUT2D eigenvalue weighted by Crippen LogP contribution is 2.47. The van der Waals surface area contributed by atoms with Gasteiger partial charge in [-0.15, -0.1) is 0 Å². The average Bonchev–Trinajstić information content (AvgIpc) is 3.21. The Labute approximate surface area is 159 Å². The predicted octanol–water partition coefficient (Wildman–Crippen LogP) is -0.499. The molecule has 0 aliphatic carbocycles. The Morgan fingerprint density at radius 1 is 0.750 bits per heavy atom. The van der Waals surface area contributed by atoms with Gasteiger partial charge in [0.05, 0.1) is 26.9 Å². The number of Topliss-reactive ketones (excluding diaryl/α,β-unsaturated/α-hetero) is 1. The molecule has 0 N–H and O–H groups in total. The van der Waals surface area contributed by atoms with E-state index in [2.05, 4.69) is 9.98 Å². The van der Waals surface area contributed by atoms with Crippen molar-refractivity contribution in [3.05, 3.63) is 22.3 Å². The second-order valence-corrected chi connectivity index (χ2v) is 5.41. The summed E-state index contributed by atoms with van der Waals surface area (Å²) in [6, 6.07) is 0. The smallest absolute Gasteiger partial charge is 0.344 e. The summed E-state index contributed by atoms with van der Waals surface area (Å²) >= 11 is 0. The number of hydrogen-bond donors (Lipinski definition) is 0. The fourth-order valence-corrected chi connectivity index (χ4v) is 2.88. The van der Waals surface area contributed by atoms with Crippen molar-refractivity contribution in [2.75, 3.05) is 35.4 Å². The van der Waals surface area contributed by atoms with Gasteiger partial charge in [0, 0.05) is 14.1 Å². The van der Waals surface area contributed by atoms with Crippen LogP contribution in [-0.2, 0) is 42.9 Å². The maximum absolute atomic E-state index is 12.6. The van der Waals surface area contributed by atoms with E-state index in [-0.39, 0.29) is 17.4 Å². The lowest BCUT2D eigenvalue weighted by molar-refractivity contribution is -0.147. The average molecular weight is 394 g/mol. The molecule has 0 amide bonds. The summed E-state index contributed by atoms with van der Waals surface area (Å²) in [4.78, 5) is 57.4. The number of ketones is 1. The molecule has 0 bridgehead atoms. The number of hydrogen-bond acceptors (Lipinski definition) is 11. The van der Waals surface area contributed by atoms with Crippen molar-refractivity contribution in [2.24, 2.45) is 9.98 Å². The summed E-state index contributed by atoms with van der Waals surface area (Å²) in [5.74, 6) is -6.68. The topological polar surface area (TPSA) is 139 Å². The van der Waals surface area contributed by atoms with Crippen LogP contribution in [0.5, 0.6) is 0 Å². The summed E-state index contributed by atoms with van der Waals surface area (Å²) < 4.78 is 25.5. The van der Waals surface area contributed by atoms with Crippen molar-refractivity contribution in [3.8, 4) is 0 Å². The molecule has 0 aromatic rings. The van der Waals surface area contributed by atoms with Crippen LogP contribution in [-0.4, -0.2) is 76.7 Å². The molecule has 0 fully saturated rings. The Hall–Kier alpha value is -3.50. The minimum Gasteiger partial charge on any atom is -0.465 e. The second kappa shape index (κ2) is 7.62. The van der Waals surface area contributed by atoms with Gasteiger partial charge >= 0.3 is 23.7 Å². The van der Waals surface area contributed by atoms with E-state index in [1.54, 1.807) is 0 Å². The molecule has 0 aromatic heterocycles. The Balaban J connectivity index is 3.00. The quantitative estimate of drug-likeness (QED) is 0.456. The highest BCUT2D eigenvalue weighted by Gasteiger charge is 2.65. The summed E-state index contributed by atoms with van der Waals surface area (Å²) in [6.07, 6.45) is 0. The van der Waals surface area contributed by atoms with Gasteiger partial charge in [0.25, 0.3) is 0 Å². The van der Waals surface area contributed by atoms with E-state index in [1.807, 2.05) is 0 Å². The Kier molecular flexibility index (Phi) is 5.67. The molecule has 0 saturated heterocycles. The first-order valence-electron chi connectivity index (χ1n) is 7.81. The maximum Gasteiger partial charge on any atom is 0.344 e. The first-order chi connectivity index (χ1) is 13.2. The largest absolute Gasteiger partial charge is 0.465 e. The maximum atomic E-state index is 12.6. The van der Waals surface area contributed by atoms with E-state index in [4.69, 9.17) is 23.7 Å². The lowest BCUT2D eigenvalue weighted by Gasteiger charge is -2.26. The van der Waals surface area contributed by atoms with Crippen molar-refractivity contribution < 1.29 is 42.9 Å². The summed E-state index contributed by atoms with van der Waals surface area (Å²) in [7, 11) is 5.78. The number of carbonyl (C=O) groups is 4. The van der Waals surface area contributed by atoms with E-state index in [0.29, 0.717) is 0 Å². The Morgan fingerprint density at radius 3 is 1.50 bits per heavy atom. The Bertz CT molecular complexity index is 894. The molecule has 0 aromatic carbocycles. The molecular formula is C17H18N2O9. The standard InChI is InChI=1S/C17H18N2O9/c1-7(20)8-10(15(22)25-5)17(27-12(8)18-2)11(16(23)26-6)9(14(21)24-4)13(19-3)28-17/h1-6H3. The molecule has 2 aliphatic rings. The van der Waals surface area contributed by atoms with E-state index >= 15 is 0 Å². The zero-order chi connectivity index (χ0) is 21.2. The predicted molar refractivity (Wildman–Crippen MR) is 92.4 cm³/mol. The highest BCUT2D eigenvalue weighted by atomic mass is 16.7. The van der Waals surface area contributed by atoms with E-state index < -0.39 is 46.2 Å². The number of carbonyl (C=O) groups excluding carboxylic acids is 4. The minimum absolute atomic E-state index is 0.266. The SMILES string of the molecule is CN=C1OC2(OC(=NC)C(C(=O)OC)=C2C(=O)OC)C(C(=O)OC)=C1C(C)=O. The van der Waals surface area contributed by atoms with Gasteiger partial charge in [-0.1, -0.05) is 0 Å². The van der Waals surface area contributed by atoms with Gasteiger partial charge in [-0.25, -0.2) is 14.4 Å². The molecule has 2 heterocycles. The van der Waals surface area contributed by atoms with E-state index in [9.17, 15) is 19.2 Å². The summed E-state index contributed by atoms with van der Waals surface area (Å²) in [6.45, 7) is 1.17. The van der Waals surface area contributed by atoms with Crippen LogP contribution in [0.1, 0.15) is 6.92 Å². The van der Waals surface area contributed by atoms with E-state index in [0.717, 1.165) is 21.3 Å². The normalized spacial score (nSPS) is 23.8. The summed E-state index contributed by atoms with van der Waals surface area (Å²) in [5, 5.41) is 0. The molecule has 11 nitrogen and oxygen atoms in total. The van der Waals surface area contributed by atoms with E-state index in [1.165, 1.54) is 21.0 Å². The number of aliphatic imine (C=N–C) groups is 2. The van der Waals surface area contributed by atoms with Gasteiger partial charge in [0.15, 0.2) is 5.78 Å². The second-order valence-electron chi connectivity index (χ2n) is 5.41. The van der Waals surface area contributed by atoms with Crippen molar-refractivity contribution in [2.45, 2.75) is 12.7 Å². The molecular weight excluding hydrogens is 376 g/mol. The third kappa shape index (κ3) is 2.84. The van der Waals surface area contributed by atoms with Crippen LogP contribution >= 0.6 is 0 Å². The van der Waals surface area contributed by atoms with Crippen LogP contribution in [0.2, 0.25) is 0 Å². The van der Waals surface area contributed by atoms with Crippen LogP contribution in [0, 0.1) is 0 Å². The van der Waals surface area contributed by atoms with Crippen LogP contribution in [0.4, 0.5) is 0 Å². The van der Waals surface area contributed by atoms with Gasteiger partial charge in [-0.05, 0) is 6.92 Å². The molecule has 28 heavy (non-hydrogen) atoms. The van der Waals surface area contributed by atoms with Crippen LogP contribution in [0.25, 0.3) is 0 Å². The molecule has 2 aliphatic heterocycles. The molecule has 1 unspecified atom stereocenters. The van der Waals surface area contributed by atoms with Gasteiger partial charge in [0.1, 0.15) is 16.7 Å². The van der Waals surface area contributed by atoms with Crippen LogP contribution < -0.4 is 0 Å². The third-order valence-corrected chi connectivity index (χ3v) is 3.99. The molecule has 1 atom stereocenters. The van der Waals surface area contributed by atoms with Crippen LogP contribution in [0.3, 0.4) is 0 Å². The first kappa shape index (κ1) is 20.8. The molecule has 2 rings (SSSR count). The fraction of sp³-hybridized carbons (Fsp3) is 0.412. The number of nitrogens with zero attached hydrogens (tertiary/aromatic N) is 2. The van der Waals surface area contributed by atoms with Crippen molar-refractivity contribution in [3.63, 3.8) is 0 Å². The highest BCUT2D eigenvalue weighted by molar-refractivity contribution is 6.29. The molecule has 11 heteroatoms. The minimum atomic E-state index is -2.35. The number of ether oxygens (including phenoxy) is 5. The molecule has 0 radical (unpaired) electrons. The molecule has 150 valence electrons. The van der Waals surface area contributed by atoms with Gasteiger partial charge < -0.3 is 23.7 Å². The van der Waals surface area contributed by atoms with Gasteiger partial charge in [-0.3, -0.25) is 14.8 Å². The number of rotatable bonds is 4.